The van der Waals surface area contributed by atoms with Crippen LogP contribution in [0.5, 0.6) is 17.2 Å². The number of hydrogen-bond donors (Lipinski definition) is 2. The molecule has 0 saturated carbocycles. The first kappa shape index (κ1) is 21.8. The highest BCUT2D eigenvalue weighted by molar-refractivity contribution is 5.46. The Kier molecular flexibility index (Phi) is 8.20. The molecule has 0 aliphatic heterocycles. The lowest BCUT2D eigenvalue weighted by atomic mass is 9.85. The molecule has 3 rings (SSSR count). The van der Waals surface area contributed by atoms with E-state index in [1.165, 1.54) is 32.1 Å². The lowest BCUT2D eigenvalue weighted by molar-refractivity contribution is 0.304. The molecule has 30 heavy (non-hydrogen) atoms. The van der Waals surface area contributed by atoms with Crippen LogP contribution in [0.3, 0.4) is 0 Å². The largest absolute Gasteiger partial charge is 0.508 e. The summed E-state index contributed by atoms with van der Waals surface area (Å²) in [5, 5.41) is 19.3. The van der Waals surface area contributed by atoms with Crippen LogP contribution in [0.15, 0.2) is 72.8 Å². The van der Waals surface area contributed by atoms with Gasteiger partial charge in [-0.1, -0.05) is 75.4 Å². The zero-order chi connectivity index (χ0) is 21.2. The molecule has 0 bridgehead atoms. The molecule has 0 amide bonds. The Morgan fingerprint density at radius 3 is 1.53 bits per heavy atom. The van der Waals surface area contributed by atoms with Crippen molar-refractivity contribution in [1.82, 2.24) is 0 Å². The molecular weight excluding hydrogens is 372 g/mol. The van der Waals surface area contributed by atoms with E-state index < -0.39 is 0 Å². The number of hydrogen-bond acceptors (Lipinski definition) is 3. The third kappa shape index (κ3) is 6.28. The van der Waals surface area contributed by atoms with Gasteiger partial charge in [-0.15, -0.1) is 0 Å². The second-order valence-corrected chi connectivity index (χ2v) is 7.80. The van der Waals surface area contributed by atoms with E-state index in [2.05, 4.69) is 19.1 Å². The van der Waals surface area contributed by atoms with Crippen molar-refractivity contribution in [3.05, 3.63) is 89.5 Å². The van der Waals surface area contributed by atoms with Gasteiger partial charge in [0.2, 0.25) is 0 Å². The van der Waals surface area contributed by atoms with Crippen LogP contribution in [-0.2, 0) is 0 Å². The van der Waals surface area contributed by atoms with Crippen LogP contribution in [-0.4, -0.2) is 16.8 Å². The van der Waals surface area contributed by atoms with Gasteiger partial charge in [-0.25, -0.2) is 0 Å². The highest BCUT2D eigenvalue weighted by atomic mass is 16.5. The first-order valence-electron chi connectivity index (χ1n) is 11.0. The Morgan fingerprint density at radius 1 is 0.600 bits per heavy atom. The van der Waals surface area contributed by atoms with Crippen molar-refractivity contribution < 1.29 is 14.9 Å². The lowest BCUT2D eigenvalue weighted by Gasteiger charge is -2.19. The fraction of sp³-hybridized carbons (Fsp3) is 0.333. The monoisotopic (exact) mass is 404 g/mol. The van der Waals surface area contributed by atoms with Crippen LogP contribution in [0.2, 0.25) is 0 Å². The van der Waals surface area contributed by atoms with Crippen LogP contribution in [0, 0.1) is 0 Å². The zero-order valence-electron chi connectivity index (χ0n) is 17.8. The van der Waals surface area contributed by atoms with E-state index in [0.717, 1.165) is 35.5 Å². The number of phenols is 2. The van der Waals surface area contributed by atoms with Crippen molar-refractivity contribution in [1.29, 1.82) is 0 Å². The molecule has 3 heteroatoms. The standard InChI is InChI=1S/C27H32O3/c1-2-3-4-5-6-7-20-30-26-18-12-23(13-19-26)27(21-8-14-24(28)15-9-21)22-10-16-25(29)17-11-22/h8-19,27-29H,2-7,20H2,1H3. The van der Waals surface area contributed by atoms with E-state index in [4.69, 9.17) is 4.74 Å². The number of benzene rings is 3. The normalized spacial score (nSPS) is 11.0. The zero-order valence-corrected chi connectivity index (χ0v) is 17.8. The van der Waals surface area contributed by atoms with Crippen LogP contribution in [0.25, 0.3) is 0 Å². The second-order valence-electron chi connectivity index (χ2n) is 7.80. The summed E-state index contributed by atoms with van der Waals surface area (Å²) in [6, 6.07) is 22.8. The van der Waals surface area contributed by atoms with Crippen molar-refractivity contribution >= 4 is 0 Å². The smallest absolute Gasteiger partial charge is 0.119 e. The Balaban J connectivity index is 1.68. The number of rotatable bonds is 11. The van der Waals surface area contributed by atoms with Crippen molar-refractivity contribution in [2.75, 3.05) is 6.61 Å². The molecule has 3 aromatic carbocycles. The van der Waals surface area contributed by atoms with E-state index in [1.807, 2.05) is 36.4 Å². The summed E-state index contributed by atoms with van der Waals surface area (Å²) in [6.45, 7) is 2.99. The molecular formula is C27H32O3. The van der Waals surface area contributed by atoms with Gasteiger partial charge < -0.3 is 14.9 Å². The molecule has 0 fully saturated rings. The molecule has 158 valence electrons. The van der Waals surface area contributed by atoms with Gasteiger partial charge in [0, 0.05) is 5.92 Å². The van der Waals surface area contributed by atoms with Gasteiger partial charge in [0.15, 0.2) is 0 Å². The van der Waals surface area contributed by atoms with Gasteiger partial charge in [-0.3, -0.25) is 0 Å². The molecule has 0 spiro atoms. The third-order valence-corrected chi connectivity index (χ3v) is 5.43. The average molecular weight is 405 g/mol. The Morgan fingerprint density at radius 2 is 1.03 bits per heavy atom. The minimum absolute atomic E-state index is 0.0128. The second kappa shape index (κ2) is 11.3. The van der Waals surface area contributed by atoms with E-state index >= 15 is 0 Å². The van der Waals surface area contributed by atoms with E-state index in [1.54, 1.807) is 24.3 Å². The fourth-order valence-corrected chi connectivity index (χ4v) is 3.74. The summed E-state index contributed by atoms with van der Waals surface area (Å²) in [7, 11) is 0. The van der Waals surface area contributed by atoms with Crippen molar-refractivity contribution in [2.24, 2.45) is 0 Å². The summed E-state index contributed by atoms with van der Waals surface area (Å²) in [4.78, 5) is 0. The van der Waals surface area contributed by atoms with Crippen LogP contribution in [0.1, 0.15) is 68.1 Å². The van der Waals surface area contributed by atoms with Crippen molar-refractivity contribution in [3.8, 4) is 17.2 Å². The fourth-order valence-electron chi connectivity index (χ4n) is 3.74. The highest BCUT2D eigenvalue weighted by Crippen LogP contribution is 2.34. The Labute approximate surface area is 180 Å². The third-order valence-electron chi connectivity index (χ3n) is 5.43. The first-order chi connectivity index (χ1) is 14.7. The maximum Gasteiger partial charge on any atom is 0.119 e. The molecule has 0 heterocycles. The van der Waals surface area contributed by atoms with E-state index in [-0.39, 0.29) is 17.4 Å². The van der Waals surface area contributed by atoms with Crippen LogP contribution >= 0.6 is 0 Å². The quantitative estimate of drug-likeness (QED) is 0.267. The van der Waals surface area contributed by atoms with Gasteiger partial charge >= 0.3 is 0 Å². The van der Waals surface area contributed by atoms with E-state index in [9.17, 15) is 10.2 Å². The van der Waals surface area contributed by atoms with Gasteiger partial charge in [-0.05, 0) is 59.5 Å². The number of aromatic hydroxyl groups is 2. The average Bonchev–Trinajstić information content (AvgIpc) is 2.77. The van der Waals surface area contributed by atoms with Gasteiger partial charge in [0.05, 0.1) is 6.61 Å². The Bertz CT molecular complexity index is 822. The van der Waals surface area contributed by atoms with Gasteiger partial charge in [0.25, 0.3) is 0 Å². The first-order valence-corrected chi connectivity index (χ1v) is 11.0. The summed E-state index contributed by atoms with van der Waals surface area (Å²) in [5.41, 5.74) is 3.30. The predicted octanol–water partition coefficient (Wildman–Crippen LogP) is 7.02. The summed E-state index contributed by atoms with van der Waals surface area (Å²) >= 11 is 0. The van der Waals surface area contributed by atoms with Crippen molar-refractivity contribution in [3.63, 3.8) is 0 Å². The molecule has 2 N–H and O–H groups in total. The SMILES string of the molecule is CCCCCCCCOc1ccc(C(c2ccc(O)cc2)c2ccc(O)cc2)cc1. The molecule has 0 unspecified atom stereocenters. The molecule has 0 radical (unpaired) electrons. The summed E-state index contributed by atoms with van der Waals surface area (Å²) < 4.78 is 5.92. The van der Waals surface area contributed by atoms with Gasteiger partial charge in [-0.2, -0.15) is 0 Å². The number of unbranched alkanes of at least 4 members (excludes halogenated alkanes) is 5. The highest BCUT2D eigenvalue weighted by Gasteiger charge is 2.17. The molecule has 0 aliphatic rings. The minimum atomic E-state index is 0.0128. The number of phenolic OH excluding ortho intramolecular Hbond substituents is 2. The maximum atomic E-state index is 9.67. The minimum Gasteiger partial charge on any atom is -0.508 e. The van der Waals surface area contributed by atoms with Crippen LogP contribution in [0.4, 0.5) is 0 Å². The van der Waals surface area contributed by atoms with Gasteiger partial charge in [0.1, 0.15) is 17.2 Å². The Hall–Kier alpha value is -2.94. The summed E-state index contributed by atoms with van der Waals surface area (Å²) in [6.07, 6.45) is 7.53. The number of ether oxygens (including phenoxy) is 1. The van der Waals surface area contributed by atoms with E-state index in [0.29, 0.717) is 0 Å². The lowest BCUT2D eigenvalue weighted by Crippen LogP contribution is -2.04. The van der Waals surface area contributed by atoms with Crippen LogP contribution < -0.4 is 4.74 Å². The maximum absolute atomic E-state index is 9.67. The topological polar surface area (TPSA) is 49.7 Å². The molecule has 0 saturated heterocycles. The molecule has 0 aliphatic carbocycles. The summed E-state index contributed by atoms with van der Waals surface area (Å²) in [5.74, 6) is 1.41. The molecule has 0 atom stereocenters. The molecule has 3 nitrogen and oxygen atoms in total. The predicted molar refractivity (Wildman–Crippen MR) is 122 cm³/mol. The molecule has 0 aromatic heterocycles. The van der Waals surface area contributed by atoms with Crippen molar-refractivity contribution in [2.45, 2.75) is 51.4 Å². The molecule has 3 aromatic rings.